The maximum Gasteiger partial charge on any atom is 0.301 e. The van der Waals surface area contributed by atoms with Gasteiger partial charge in [-0.05, 0) is 0 Å². The summed E-state index contributed by atoms with van der Waals surface area (Å²) in [4.78, 5) is 27.1. The van der Waals surface area contributed by atoms with E-state index in [1.807, 2.05) is 0 Å². The van der Waals surface area contributed by atoms with Crippen LogP contribution in [0.3, 0.4) is 0 Å². The van der Waals surface area contributed by atoms with Crippen LogP contribution < -0.4 is 0 Å². The van der Waals surface area contributed by atoms with E-state index in [1.165, 1.54) is 0 Å². The summed E-state index contributed by atoms with van der Waals surface area (Å²) in [6.07, 6.45) is 0. The molecule has 0 fully saturated rings. The number of benzene rings is 1. The van der Waals surface area contributed by atoms with E-state index in [1.54, 1.807) is 0 Å². The molecule has 1 aromatic rings. The van der Waals surface area contributed by atoms with E-state index >= 15 is 0 Å². The van der Waals surface area contributed by atoms with Crippen LogP contribution in [-0.2, 0) is 11.1 Å². The number of non-ortho nitro benzene ring substituents is 1. The van der Waals surface area contributed by atoms with Crippen LogP contribution in [0.25, 0.3) is 0 Å². The first kappa shape index (κ1) is 13.6. The maximum atomic E-state index is 10.9. The number of hydrogen-bond acceptors (Lipinski definition) is 7. The summed E-state index contributed by atoms with van der Waals surface area (Å²) in [6, 6.07) is 0.771. The average molecular weight is 277 g/mol. The number of nitrogens with zero attached hydrogens (tertiary/aromatic N) is 3. The van der Waals surface area contributed by atoms with Gasteiger partial charge in [0.1, 0.15) is 0 Å². The van der Waals surface area contributed by atoms with E-state index in [4.69, 9.17) is 4.55 Å². The molecule has 18 heavy (non-hydrogen) atoms. The Morgan fingerprint density at radius 3 is 1.56 bits per heavy atom. The summed E-state index contributed by atoms with van der Waals surface area (Å²) >= 11 is -3.02. The van der Waals surface area contributed by atoms with Gasteiger partial charge in [-0.15, -0.1) is 0 Å². The SMILES string of the molecule is O=[N+]([O-])c1cc([N+](=O)[O-])c(S(=O)O)c([N+](=O)[O-])c1. The number of nitro benzene ring substituents is 3. The average Bonchev–Trinajstić information content (AvgIpc) is 2.26. The molecule has 1 atom stereocenters. The van der Waals surface area contributed by atoms with Crippen LogP contribution in [0.2, 0.25) is 0 Å². The van der Waals surface area contributed by atoms with Crippen LogP contribution in [0.15, 0.2) is 17.0 Å². The number of hydrogen-bond donors (Lipinski definition) is 1. The highest BCUT2D eigenvalue weighted by Gasteiger charge is 2.33. The van der Waals surface area contributed by atoms with Crippen molar-refractivity contribution in [2.24, 2.45) is 0 Å². The smallest absolute Gasteiger partial charge is 0.301 e. The molecule has 0 spiro atoms. The zero-order chi connectivity index (χ0) is 14.0. The minimum absolute atomic E-state index is 0.385. The van der Waals surface area contributed by atoms with Gasteiger partial charge in [0, 0.05) is 0 Å². The number of rotatable bonds is 4. The van der Waals surface area contributed by atoms with E-state index < -0.39 is 47.8 Å². The quantitative estimate of drug-likeness (QED) is 0.482. The summed E-state index contributed by atoms with van der Waals surface area (Å²) in [5.74, 6) is 0. The number of nitro groups is 3. The first-order valence-corrected chi connectivity index (χ1v) is 5.08. The second-order valence-corrected chi connectivity index (χ2v) is 3.74. The second kappa shape index (κ2) is 4.80. The molecule has 12 heteroatoms. The lowest BCUT2D eigenvalue weighted by atomic mass is 10.2. The molecule has 0 bridgehead atoms. The van der Waals surface area contributed by atoms with Crippen molar-refractivity contribution in [2.75, 3.05) is 0 Å². The normalized spacial score (nSPS) is 11.8. The van der Waals surface area contributed by atoms with E-state index in [-0.39, 0.29) is 0 Å². The molecule has 0 aromatic heterocycles. The Kier molecular flexibility index (Phi) is 3.63. The van der Waals surface area contributed by atoms with Crippen molar-refractivity contribution in [3.05, 3.63) is 42.5 Å². The Balaban J connectivity index is 3.76. The highest BCUT2D eigenvalue weighted by atomic mass is 32.2. The van der Waals surface area contributed by atoms with Crippen LogP contribution in [-0.4, -0.2) is 23.5 Å². The Morgan fingerprint density at radius 2 is 1.33 bits per heavy atom. The fraction of sp³-hybridized carbons (Fsp3) is 0. The molecule has 0 aliphatic heterocycles. The zero-order valence-electron chi connectivity index (χ0n) is 8.21. The van der Waals surface area contributed by atoms with Crippen LogP contribution in [0, 0.1) is 30.3 Å². The molecule has 96 valence electrons. The van der Waals surface area contributed by atoms with Crippen molar-refractivity contribution < 1.29 is 23.5 Å². The van der Waals surface area contributed by atoms with Crippen molar-refractivity contribution in [1.29, 1.82) is 0 Å². The van der Waals surface area contributed by atoms with Gasteiger partial charge in [-0.25, -0.2) is 4.21 Å². The predicted molar refractivity (Wildman–Crippen MR) is 55.4 cm³/mol. The Labute approximate surface area is 99.8 Å². The van der Waals surface area contributed by atoms with E-state index in [0.29, 0.717) is 12.1 Å². The molecule has 1 N–H and O–H groups in total. The Hall–Kier alpha value is -2.47. The molecular formula is C6H3N3O8S. The Bertz CT molecular complexity index is 549. The van der Waals surface area contributed by atoms with Crippen LogP contribution in [0.1, 0.15) is 0 Å². The van der Waals surface area contributed by atoms with E-state index in [9.17, 15) is 34.6 Å². The van der Waals surface area contributed by atoms with Crippen molar-refractivity contribution in [1.82, 2.24) is 0 Å². The monoisotopic (exact) mass is 277 g/mol. The van der Waals surface area contributed by atoms with Gasteiger partial charge < -0.3 is 4.55 Å². The molecule has 0 aliphatic rings. The van der Waals surface area contributed by atoms with Crippen LogP contribution >= 0.6 is 0 Å². The van der Waals surface area contributed by atoms with Gasteiger partial charge in [0.05, 0.1) is 26.9 Å². The largest absolute Gasteiger partial charge is 0.302 e. The first-order valence-electron chi connectivity index (χ1n) is 3.97. The lowest BCUT2D eigenvalue weighted by molar-refractivity contribution is -0.407. The minimum Gasteiger partial charge on any atom is -0.302 e. The lowest BCUT2D eigenvalue weighted by Gasteiger charge is -2.00. The van der Waals surface area contributed by atoms with Crippen molar-refractivity contribution in [3.8, 4) is 0 Å². The second-order valence-electron chi connectivity index (χ2n) is 2.83. The molecule has 1 rings (SSSR count). The standard InChI is InChI=1S/C6H3N3O8S/c10-7(11)3-1-4(8(12)13)6(18(16)17)5(2-3)9(14)15/h1-2H,(H,16,17). The first-order chi connectivity index (χ1) is 8.25. The third-order valence-electron chi connectivity index (χ3n) is 1.81. The molecule has 1 unspecified atom stereocenters. The van der Waals surface area contributed by atoms with Gasteiger partial charge in [0.15, 0.2) is 0 Å². The molecular weight excluding hydrogens is 274 g/mol. The molecule has 0 saturated heterocycles. The molecule has 0 saturated carbocycles. The highest BCUT2D eigenvalue weighted by molar-refractivity contribution is 7.79. The summed E-state index contributed by atoms with van der Waals surface area (Å²) in [5.41, 5.74) is -3.23. The van der Waals surface area contributed by atoms with Gasteiger partial charge in [-0.1, -0.05) is 0 Å². The van der Waals surface area contributed by atoms with Crippen LogP contribution in [0.4, 0.5) is 17.1 Å². The van der Waals surface area contributed by atoms with Gasteiger partial charge in [-0.3, -0.25) is 30.3 Å². The van der Waals surface area contributed by atoms with Gasteiger partial charge >= 0.3 is 11.4 Å². The Morgan fingerprint density at radius 1 is 0.944 bits per heavy atom. The van der Waals surface area contributed by atoms with Crippen LogP contribution in [0.5, 0.6) is 0 Å². The summed E-state index contributed by atoms with van der Waals surface area (Å²) in [6.45, 7) is 0. The summed E-state index contributed by atoms with van der Waals surface area (Å²) in [5, 5.41) is 31.6. The predicted octanol–water partition coefficient (Wildman–Crippen LogP) is 0.992. The van der Waals surface area contributed by atoms with Crippen molar-refractivity contribution in [2.45, 2.75) is 4.90 Å². The van der Waals surface area contributed by atoms with Crippen molar-refractivity contribution in [3.63, 3.8) is 0 Å². The maximum absolute atomic E-state index is 10.9. The summed E-state index contributed by atoms with van der Waals surface area (Å²) < 4.78 is 19.7. The van der Waals surface area contributed by atoms with Gasteiger partial charge in [0.2, 0.25) is 16.0 Å². The molecule has 0 aliphatic carbocycles. The zero-order valence-corrected chi connectivity index (χ0v) is 9.03. The fourth-order valence-electron chi connectivity index (χ4n) is 1.14. The van der Waals surface area contributed by atoms with E-state index in [0.717, 1.165) is 0 Å². The lowest BCUT2D eigenvalue weighted by Crippen LogP contribution is -2.04. The van der Waals surface area contributed by atoms with Gasteiger partial charge in [-0.2, -0.15) is 0 Å². The molecule has 11 nitrogen and oxygen atoms in total. The topological polar surface area (TPSA) is 167 Å². The highest BCUT2D eigenvalue weighted by Crippen LogP contribution is 2.35. The molecule has 0 radical (unpaired) electrons. The summed E-state index contributed by atoms with van der Waals surface area (Å²) in [7, 11) is 0. The van der Waals surface area contributed by atoms with E-state index in [2.05, 4.69) is 0 Å². The molecule has 1 aromatic carbocycles. The van der Waals surface area contributed by atoms with Gasteiger partial charge in [0.25, 0.3) is 5.69 Å². The molecule has 0 amide bonds. The molecule has 0 heterocycles. The fourth-order valence-corrected chi connectivity index (χ4v) is 1.76. The third-order valence-corrected chi connectivity index (χ3v) is 2.58. The minimum atomic E-state index is -3.02. The van der Waals surface area contributed by atoms with Crippen molar-refractivity contribution >= 4 is 28.1 Å². The third kappa shape index (κ3) is 2.44.